The first-order valence-corrected chi connectivity index (χ1v) is 13.3. The molecule has 6 rings (SSSR count). The van der Waals surface area contributed by atoms with Gasteiger partial charge in [0.1, 0.15) is 17.7 Å². The number of ether oxygens (including phenoxy) is 3. The van der Waals surface area contributed by atoms with E-state index in [1.54, 1.807) is 32.4 Å². The number of aromatic amines is 1. The van der Waals surface area contributed by atoms with Gasteiger partial charge in [-0.2, -0.15) is 0 Å². The number of nitrogens with one attached hydrogen (secondary N) is 2. The molecule has 0 bridgehead atoms. The second-order valence-corrected chi connectivity index (χ2v) is 10.3. The van der Waals surface area contributed by atoms with Crippen LogP contribution in [0, 0.1) is 12.7 Å². The van der Waals surface area contributed by atoms with Crippen molar-refractivity contribution in [1.29, 1.82) is 0 Å². The summed E-state index contributed by atoms with van der Waals surface area (Å²) in [6.07, 6.45) is 2.13. The number of hydrogen-bond acceptors (Lipinski definition) is 8. The Labute approximate surface area is 232 Å². The predicted molar refractivity (Wildman–Crippen MR) is 153 cm³/mol. The Morgan fingerprint density at radius 3 is 2.85 bits per heavy atom. The minimum atomic E-state index is -0.627. The first-order chi connectivity index (χ1) is 19.4. The van der Waals surface area contributed by atoms with Gasteiger partial charge >= 0.3 is 6.09 Å². The molecule has 9 nitrogen and oxygen atoms in total. The van der Waals surface area contributed by atoms with Gasteiger partial charge in [0, 0.05) is 40.5 Å². The summed E-state index contributed by atoms with van der Waals surface area (Å²) < 4.78 is 31.9. The lowest BCUT2D eigenvalue weighted by atomic mass is 10.1. The molecular weight excluding hydrogens is 533 g/mol. The zero-order chi connectivity index (χ0) is 27.8. The molecule has 0 radical (unpaired) electrons. The van der Waals surface area contributed by atoms with Crippen LogP contribution >= 0.6 is 11.3 Å². The number of H-pyrrole nitrogens is 1. The van der Waals surface area contributed by atoms with Crippen molar-refractivity contribution in [2.45, 2.75) is 20.0 Å². The molecule has 0 aliphatic rings. The number of benzene rings is 3. The molecule has 0 fully saturated rings. The zero-order valence-electron chi connectivity index (χ0n) is 21.8. The van der Waals surface area contributed by atoms with Gasteiger partial charge in [0.2, 0.25) is 5.88 Å². The minimum Gasteiger partial charge on any atom is -0.487 e. The Balaban J connectivity index is 1.16. The largest absolute Gasteiger partial charge is 0.487 e. The van der Waals surface area contributed by atoms with Crippen molar-refractivity contribution in [1.82, 2.24) is 19.9 Å². The Kier molecular flexibility index (Phi) is 6.64. The lowest BCUT2D eigenvalue weighted by molar-refractivity contribution is 0.0844. The second-order valence-electron chi connectivity index (χ2n) is 9.29. The number of hydrogen-bond donors (Lipinski definition) is 2. The molecule has 3 aromatic heterocycles. The topological polar surface area (TPSA) is 111 Å². The Hall–Kier alpha value is -4.77. The van der Waals surface area contributed by atoms with E-state index in [4.69, 9.17) is 14.2 Å². The molecule has 40 heavy (non-hydrogen) atoms. The van der Waals surface area contributed by atoms with E-state index in [1.807, 2.05) is 43.5 Å². The number of anilines is 1. The fourth-order valence-corrected chi connectivity index (χ4v) is 5.36. The Morgan fingerprint density at radius 2 is 2.00 bits per heavy atom. The maximum atomic E-state index is 14.9. The van der Waals surface area contributed by atoms with Gasteiger partial charge < -0.3 is 19.2 Å². The van der Waals surface area contributed by atoms with Gasteiger partial charge in [0.15, 0.2) is 11.6 Å². The Morgan fingerprint density at radius 1 is 1.12 bits per heavy atom. The maximum absolute atomic E-state index is 14.9. The maximum Gasteiger partial charge on any atom is 0.412 e. The third kappa shape index (κ3) is 5.10. The standard InChI is InChI=1S/C29H24FN5O4S/c1-15-8-19(27-23(9-15)34-26(37-3)13-32-27)28-35-22-11-20(30)24(12-25(22)40-28)38-14-16(2)39-29(36)33-18-4-5-21-17(10-18)6-7-31-21/h4-13,16,31H,14H2,1-3H3,(H,33,36). The van der Waals surface area contributed by atoms with Gasteiger partial charge in [-0.25, -0.2) is 24.1 Å². The number of amides is 1. The number of carbonyl (C=O) groups excluding carboxylic acids is 1. The molecule has 1 atom stereocenters. The highest BCUT2D eigenvalue weighted by atomic mass is 32.1. The van der Waals surface area contributed by atoms with Gasteiger partial charge in [-0.3, -0.25) is 5.32 Å². The third-order valence-corrected chi connectivity index (χ3v) is 7.28. The van der Waals surface area contributed by atoms with Crippen LogP contribution in [0.1, 0.15) is 12.5 Å². The fourth-order valence-electron chi connectivity index (χ4n) is 4.37. The highest BCUT2D eigenvalue weighted by Gasteiger charge is 2.17. The highest BCUT2D eigenvalue weighted by molar-refractivity contribution is 7.21. The van der Waals surface area contributed by atoms with Crippen molar-refractivity contribution < 1.29 is 23.4 Å². The highest BCUT2D eigenvalue weighted by Crippen LogP contribution is 2.37. The number of aromatic nitrogens is 4. The van der Waals surface area contributed by atoms with Crippen LogP contribution in [0.4, 0.5) is 14.9 Å². The zero-order valence-corrected chi connectivity index (χ0v) is 22.6. The minimum absolute atomic E-state index is 0.0295. The van der Waals surface area contributed by atoms with E-state index < -0.39 is 18.0 Å². The number of carbonyl (C=O) groups is 1. The van der Waals surface area contributed by atoms with Crippen molar-refractivity contribution in [3.63, 3.8) is 0 Å². The third-order valence-electron chi connectivity index (χ3n) is 6.23. The summed E-state index contributed by atoms with van der Waals surface area (Å²) in [5, 5.41) is 4.36. The second kappa shape index (κ2) is 10.4. The number of rotatable bonds is 7. The molecule has 1 amide bonds. The summed E-state index contributed by atoms with van der Waals surface area (Å²) >= 11 is 1.40. The lowest BCUT2D eigenvalue weighted by Gasteiger charge is -2.15. The van der Waals surface area contributed by atoms with Crippen molar-refractivity contribution >= 4 is 55.3 Å². The van der Waals surface area contributed by atoms with E-state index in [0.29, 0.717) is 33.1 Å². The van der Waals surface area contributed by atoms with E-state index in [0.717, 1.165) is 26.7 Å². The van der Waals surface area contributed by atoms with Gasteiger partial charge in [0.05, 0.1) is 34.6 Å². The first kappa shape index (κ1) is 25.5. The van der Waals surface area contributed by atoms with Gasteiger partial charge in [0.25, 0.3) is 0 Å². The quantitative estimate of drug-likeness (QED) is 0.221. The van der Waals surface area contributed by atoms with Crippen LogP contribution in [0.25, 0.3) is 42.7 Å². The van der Waals surface area contributed by atoms with Gasteiger partial charge in [-0.15, -0.1) is 11.3 Å². The average Bonchev–Trinajstić information content (AvgIpc) is 3.57. The molecule has 3 heterocycles. The van der Waals surface area contributed by atoms with E-state index in [2.05, 4.69) is 25.3 Å². The molecule has 0 saturated heterocycles. The number of halogens is 1. The average molecular weight is 558 g/mol. The number of methoxy groups -OCH3 is 1. The van der Waals surface area contributed by atoms with E-state index in [9.17, 15) is 9.18 Å². The molecule has 0 aliphatic heterocycles. The smallest absolute Gasteiger partial charge is 0.412 e. The summed E-state index contributed by atoms with van der Waals surface area (Å²) in [6.45, 7) is 3.61. The summed E-state index contributed by atoms with van der Waals surface area (Å²) in [5.74, 6) is -0.0827. The molecule has 2 N–H and O–H groups in total. The molecule has 3 aromatic carbocycles. The van der Waals surface area contributed by atoms with Gasteiger partial charge in [-0.05, 0) is 55.8 Å². The summed E-state index contributed by atoms with van der Waals surface area (Å²) in [4.78, 5) is 29.1. The van der Waals surface area contributed by atoms with Crippen molar-refractivity contribution in [2.75, 3.05) is 19.0 Å². The van der Waals surface area contributed by atoms with Crippen LogP contribution in [0.2, 0.25) is 0 Å². The molecule has 1 unspecified atom stereocenters. The van der Waals surface area contributed by atoms with Crippen LogP contribution in [0.15, 0.2) is 60.9 Å². The SMILES string of the molecule is COc1cnc2c(-c3nc4cc(F)c(OCC(C)OC(=O)Nc5ccc6[nH]ccc6c5)cc4s3)cc(C)cc2n1. The fraction of sp³-hybridized carbons (Fsp3) is 0.172. The van der Waals surface area contributed by atoms with Gasteiger partial charge in [-0.1, -0.05) is 0 Å². The van der Waals surface area contributed by atoms with Crippen molar-refractivity contribution in [3.05, 3.63) is 72.3 Å². The number of nitrogens with zero attached hydrogens (tertiary/aromatic N) is 3. The molecule has 202 valence electrons. The molecular formula is C29H24FN5O4S. The van der Waals surface area contributed by atoms with Crippen LogP contribution in [-0.4, -0.2) is 45.8 Å². The number of aryl methyl sites for hydroxylation is 1. The predicted octanol–water partition coefficient (Wildman–Crippen LogP) is 6.86. The molecule has 11 heteroatoms. The molecule has 6 aromatic rings. The van der Waals surface area contributed by atoms with Crippen LogP contribution in [0.3, 0.4) is 0 Å². The first-order valence-electron chi connectivity index (χ1n) is 12.5. The normalized spacial score (nSPS) is 12.1. The van der Waals surface area contributed by atoms with Crippen molar-refractivity contribution in [2.24, 2.45) is 0 Å². The molecule has 0 aliphatic carbocycles. The van der Waals surface area contributed by atoms with E-state index in [1.165, 1.54) is 17.4 Å². The summed E-state index contributed by atoms with van der Waals surface area (Å²) in [7, 11) is 1.54. The van der Waals surface area contributed by atoms with Crippen LogP contribution in [-0.2, 0) is 4.74 Å². The van der Waals surface area contributed by atoms with E-state index in [-0.39, 0.29) is 12.4 Å². The van der Waals surface area contributed by atoms with Crippen LogP contribution < -0.4 is 14.8 Å². The van der Waals surface area contributed by atoms with Crippen molar-refractivity contribution in [3.8, 4) is 22.2 Å². The molecule has 0 spiro atoms. The molecule has 0 saturated carbocycles. The monoisotopic (exact) mass is 557 g/mol. The summed E-state index contributed by atoms with van der Waals surface area (Å²) in [6, 6.07) is 14.3. The Bertz CT molecular complexity index is 1890. The number of thiazole rings is 1. The number of fused-ring (bicyclic) bond motifs is 3. The lowest BCUT2D eigenvalue weighted by Crippen LogP contribution is -2.25. The van der Waals surface area contributed by atoms with Crippen LogP contribution in [0.5, 0.6) is 11.6 Å². The van der Waals surface area contributed by atoms with E-state index >= 15 is 0 Å². The summed E-state index contributed by atoms with van der Waals surface area (Å²) in [5.41, 5.74) is 5.24.